The quantitative estimate of drug-likeness (QED) is 0.766. The van der Waals surface area contributed by atoms with Crippen molar-refractivity contribution in [1.29, 1.82) is 5.26 Å². The Balaban J connectivity index is 1.53. The molecular formula is C19H19N5O. The fourth-order valence-corrected chi connectivity index (χ4v) is 3.60. The molecule has 2 N–H and O–H groups in total. The number of rotatable bonds is 4. The number of nitrogens with zero attached hydrogens (tertiary/aromatic N) is 4. The number of aliphatic hydroxyl groups excluding tert-OH is 1. The van der Waals surface area contributed by atoms with Crippen LogP contribution in [0.3, 0.4) is 0 Å². The predicted molar refractivity (Wildman–Crippen MR) is 94.8 cm³/mol. The maximum Gasteiger partial charge on any atom is 0.144 e. The van der Waals surface area contributed by atoms with Gasteiger partial charge in [0.2, 0.25) is 0 Å². The Bertz CT molecular complexity index is 915. The summed E-state index contributed by atoms with van der Waals surface area (Å²) in [7, 11) is 0. The largest absolute Gasteiger partial charge is 0.391 e. The number of anilines is 1. The van der Waals surface area contributed by atoms with Crippen LogP contribution in [-0.2, 0) is 6.54 Å². The van der Waals surface area contributed by atoms with Gasteiger partial charge in [0.05, 0.1) is 29.6 Å². The summed E-state index contributed by atoms with van der Waals surface area (Å²) in [6.07, 6.45) is 6.61. The molecule has 1 aliphatic rings. The highest BCUT2D eigenvalue weighted by Crippen LogP contribution is 2.31. The smallest absolute Gasteiger partial charge is 0.144 e. The van der Waals surface area contributed by atoms with Crippen LogP contribution >= 0.6 is 0 Å². The topological polar surface area (TPSA) is 86.8 Å². The van der Waals surface area contributed by atoms with Gasteiger partial charge in [-0.15, -0.1) is 0 Å². The summed E-state index contributed by atoms with van der Waals surface area (Å²) < 4.78 is 2.04. The minimum Gasteiger partial charge on any atom is -0.391 e. The predicted octanol–water partition coefficient (Wildman–Crippen LogP) is 2.55. The lowest BCUT2D eigenvalue weighted by Gasteiger charge is -2.18. The fourth-order valence-electron chi connectivity index (χ4n) is 3.60. The Morgan fingerprint density at radius 3 is 3.00 bits per heavy atom. The lowest BCUT2D eigenvalue weighted by atomic mass is 10.1. The third-order valence-corrected chi connectivity index (χ3v) is 4.82. The van der Waals surface area contributed by atoms with E-state index in [-0.39, 0.29) is 6.04 Å². The molecule has 0 saturated heterocycles. The average molecular weight is 333 g/mol. The van der Waals surface area contributed by atoms with Gasteiger partial charge in [-0.1, -0.05) is 18.2 Å². The number of fused-ring (bicyclic) bond motifs is 1. The van der Waals surface area contributed by atoms with E-state index in [1.165, 1.54) is 0 Å². The molecule has 1 fully saturated rings. The van der Waals surface area contributed by atoms with Gasteiger partial charge in [0.15, 0.2) is 0 Å². The molecule has 2 aromatic heterocycles. The Labute approximate surface area is 145 Å². The van der Waals surface area contributed by atoms with Crippen molar-refractivity contribution in [3.63, 3.8) is 0 Å². The second-order valence-corrected chi connectivity index (χ2v) is 6.60. The van der Waals surface area contributed by atoms with Crippen LogP contribution in [0.4, 0.5) is 5.82 Å². The Morgan fingerprint density at radius 2 is 2.20 bits per heavy atom. The third kappa shape index (κ3) is 3.19. The number of nitriles is 1. The minimum atomic E-state index is -0.451. The van der Waals surface area contributed by atoms with Gasteiger partial charge in [-0.05, 0) is 30.9 Å². The highest BCUT2D eigenvalue weighted by Gasteiger charge is 2.33. The van der Waals surface area contributed by atoms with Crippen LogP contribution in [0, 0.1) is 17.2 Å². The second-order valence-electron chi connectivity index (χ2n) is 6.60. The summed E-state index contributed by atoms with van der Waals surface area (Å²) >= 11 is 0. The summed E-state index contributed by atoms with van der Waals surface area (Å²) in [5.41, 5.74) is 1.34. The monoisotopic (exact) mass is 333 g/mol. The summed E-state index contributed by atoms with van der Waals surface area (Å²) in [4.78, 5) is 8.65. The van der Waals surface area contributed by atoms with E-state index in [2.05, 4.69) is 21.4 Å². The number of pyridine rings is 1. The molecule has 4 rings (SSSR count). The molecular weight excluding hydrogens is 314 g/mol. The van der Waals surface area contributed by atoms with Crippen molar-refractivity contribution in [1.82, 2.24) is 14.5 Å². The standard InChI is InChI=1S/C19H19N5O/c20-10-15-9-14-3-1-2-4-16(14)22-19(15)23-17-7-13(8-18(17)25)11-24-6-5-21-12-24/h1-6,9,12-13,17-18,25H,7-8,11H2,(H,22,23)/t13?,17-,18-/m1/s1. The first-order valence-corrected chi connectivity index (χ1v) is 8.43. The van der Waals surface area contributed by atoms with Crippen LogP contribution in [0.1, 0.15) is 18.4 Å². The maximum absolute atomic E-state index is 10.4. The van der Waals surface area contributed by atoms with E-state index in [9.17, 15) is 10.4 Å². The van der Waals surface area contributed by atoms with Crippen LogP contribution < -0.4 is 5.32 Å². The zero-order valence-electron chi connectivity index (χ0n) is 13.7. The molecule has 1 saturated carbocycles. The van der Waals surface area contributed by atoms with E-state index in [0.717, 1.165) is 30.3 Å². The summed E-state index contributed by atoms with van der Waals surface area (Å²) in [6, 6.07) is 11.7. The molecule has 3 aromatic rings. The van der Waals surface area contributed by atoms with Gasteiger partial charge < -0.3 is 15.0 Å². The van der Waals surface area contributed by atoms with Crippen molar-refractivity contribution in [3.8, 4) is 6.07 Å². The van der Waals surface area contributed by atoms with Crippen molar-refractivity contribution >= 4 is 16.7 Å². The molecule has 3 atom stereocenters. The molecule has 0 amide bonds. The first-order valence-electron chi connectivity index (χ1n) is 8.43. The number of hydrogen-bond donors (Lipinski definition) is 2. The first-order chi connectivity index (χ1) is 12.2. The Kier molecular flexibility index (Phi) is 4.08. The molecule has 126 valence electrons. The molecule has 6 heteroatoms. The molecule has 1 aliphatic carbocycles. The van der Waals surface area contributed by atoms with Crippen molar-refractivity contribution in [2.45, 2.75) is 31.5 Å². The number of aromatic nitrogens is 3. The van der Waals surface area contributed by atoms with Gasteiger partial charge in [-0.2, -0.15) is 5.26 Å². The van der Waals surface area contributed by atoms with Crippen LogP contribution in [0.15, 0.2) is 49.1 Å². The molecule has 6 nitrogen and oxygen atoms in total. The molecule has 0 radical (unpaired) electrons. The fraction of sp³-hybridized carbons (Fsp3) is 0.316. The number of imidazole rings is 1. The normalized spacial score (nSPS) is 22.8. The van der Waals surface area contributed by atoms with Gasteiger partial charge in [-0.3, -0.25) is 0 Å². The van der Waals surface area contributed by atoms with Gasteiger partial charge in [0.25, 0.3) is 0 Å². The van der Waals surface area contributed by atoms with E-state index in [1.54, 1.807) is 12.5 Å². The van der Waals surface area contributed by atoms with Crippen molar-refractivity contribution in [2.24, 2.45) is 5.92 Å². The van der Waals surface area contributed by atoms with E-state index >= 15 is 0 Å². The number of aliphatic hydroxyl groups is 1. The first kappa shape index (κ1) is 15.6. The molecule has 0 spiro atoms. The SMILES string of the molecule is N#Cc1cc2ccccc2nc1N[C@@H]1CC(Cn2ccnc2)C[C@H]1O. The van der Waals surface area contributed by atoms with Crippen LogP contribution in [-0.4, -0.2) is 31.8 Å². The van der Waals surface area contributed by atoms with Crippen LogP contribution in [0.2, 0.25) is 0 Å². The van der Waals surface area contributed by atoms with Crippen LogP contribution in [0.25, 0.3) is 10.9 Å². The Morgan fingerprint density at radius 1 is 1.32 bits per heavy atom. The van der Waals surface area contributed by atoms with Gasteiger partial charge in [0, 0.05) is 24.3 Å². The molecule has 2 heterocycles. The maximum atomic E-state index is 10.4. The van der Waals surface area contributed by atoms with E-state index < -0.39 is 6.10 Å². The number of para-hydroxylation sites is 1. The summed E-state index contributed by atoms with van der Waals surface area (Å²) in [5.74, 6) is 0.918. The van der Waals surface area contributed by atoms with Gasteiger partial charge >= 0.3 is 0 Å². The van der Waals surface area contributed by atoms with Crippen molar-refractivity contribution in [2.75, 3.05) is 5.32 Å². The minimum absolute atomic E-state index is 0.103. The lowest BCUT2D eigenvalue weighted by Crippen LogP contribution is -2.28. The zero-order chi connectivity index (χ0) is 17.2. The second kappa shape index (κ2) is 6.54. The molecule has 0 bridgehead atoms. The lowest BCUT2D eigenvalue weighted by molar-refractivity contribution is 0.166. The third-order valence-electron chi connectivity index (χ3n) is 4.82. The number of benzene rings is 1. The van der Waals surface area contributed by atoms with Gasteiger partial charge in [0.1, 0.15) is 11.9 Å². The molecule has 1 aromatic carbocycles. The van der Waals surface area contributed by atoms with Crippen molar-refractivity contribution in [3.05, 3.63) is 54.6 Å². The Hall–Kier alpha value is -2.91. The van der Waals surface area contributed by atoms with E-state index in [4.69, 9.17) is 0 Å². The number of hydrogen-bond acceptors (Lipinski definition) is 5. The van der Waals surface area contributed by atoms with Crippen LogP contribution in [0.5, 0.6) is 0 Å². The van der Waals surface area contributed by atoms with E-state index in [0.29, 0.717) is 17.3 Å². The summed E-state index contributed by atoms with van der Waals surface area (Å²) in [6.45, 7) is 0.839. The zero-order valence-corrected chi connectivity index (χ0v) is 13.7. The highest BCUT2D eigenvalue weighted by molar-refractivity contribution is 5.82. The average Bonchev–Trinajstić information content (AvgIpc) is 3.24. The number of nitrogens with one attached hydrogen (secondary N) is 1. The molecule has 25 heavy (non-hydrogen) atoms. The molecule has 0 aliphatic heterocycles. The highest BCUT2D eigenvalue weighted by atomic mass is 16.3. The summed E-state index contributed by atoms with van der Waals surface area (Å²) in [5, 5.41) is 24.1. The van der Waals surface area contributed by atoms with Crippen molar-refractivity contribution < 1.29 is 5.11 Å². The van der Waals surface area contributed by atoms with E-state index in [1.807, 2.05) is 41.1 Å². The van der Waals surface area contributed by atoms with Gasteiger partial charge in [-0.25, -0.2) is 9.97 Å². The molecule has 1 unspecified atom stereocenters.